The van der Waals surface area contributed by atoms with Crippen LogP contribution in [0.5, 0.6) is 0 Å². The van der Waals surface area contributed by atoms with Gasteiger partial charge in [0.25, 0.3) is 0 Å². The van der Waals surface area contributed by atoms with Crippen molar-refractivity contribution in [2.24, 2.45) is 4.47 Å². The third-order valence-corrected chi connectivity index (χ3v) is 1.77. The van der Waals surface area contributed by atoms with Crippen LogP contribution < -0.4 is 11.0 Å². The first kappa shape index (κ1) is 4.58. The van der Waals surface area contributed by atoms with Crippen LogP contribution in [0.4, 0.5) is 0 Å². The molecule has 1 atom stereocenters. The Morgan fingerprint density at radius 2 is 2.67 bits per heavy atom. The second-order valence-corrected chi connectivity index (χ2v) is 3.28. The van der Waals surface area contributed by atoms with Gasteiger partial charge in [-0.2, -0.15) is 4.47 Å². The molecular formula is CH5N3S2. The van der Waals surface area contributed by atoms with E-state index in [0.29, 0.717) is 0 Å². The van der Waals surface area contributed by atoms with Gasteiger partial charge in [-0.05, 0) is 9.72 Å². The summed E-state index contributed by atoms with van der Waals surface area (Å²) in [4.78, 5) is 0. The van der Waals surface area contributed by atoms with Crippen molar-refractivity contribution < 1.29 is 0 Å². The first-order valence-electron chi connectivity index (χ1n) is 1.48. The van der Waals surface area contributed by atoms with Gasteiger partial charge in [0, 0.05) is 0 Å². The topological polar surface area (TPSA) is 36.4 Å². The van der Waals surface area contributed by atoms with Gasteiger partial charge in [-0.1, -0.05) is 11.7 Å². The number of hydrogen-bond donors (Lipinski definition) is 3. The molecule has 3 nitrogen and oxygen atoms in total. The van der Waals surface area contributed by atoms with E-state index < -0.39 is 0 Å². The van der Waals surface area contributed by atoms with Crippen LogP contribution in [0.2, 0.25) is 0 Å². The molecule has 0 aromatic rings. The highest BCUT2D eigenvalue weighted by Gasteiger charge is 1.93. The third kappa shape index (κ3) is 0.939. The molecule has 6 heavy (non-hydrogen) atoms. The zero-order valence-corrected chi connectivity index (χ0v) is 4.72. The van der Waals surface area contributed by atoms with Crippen molar-refractivity contribution >= 4 is 21.4 Å². The maximum Gasteiger partial charge on any atom is 0.0795 e. The standard InChI is InChI=1S/CH5N3S2/c5-6-1-2-3-4-6/h2-3H,1H2,(H,4,5). The van der Waals surface area contributed by atoms with Crippen molar-refractivity contribution in [1.82, 2.24) is 11.0 Å². The van der Waals surface area contributed by atoms with Gasteiger partial charge >= 0.3 is 0 Å². The fourth-order valence-corrected chi connectivity index (χ4v) is 0.958. The van der Waals surface area contributed by atoms with Crippen LogP contribution in [0.15, 0.2) is 4.47 Å². The number of hydrazine groups is 1. The maximum atomic E-state index is 4.03. The van der Waals surface area contributed by atoms with E-state index >= 15 is 0 Å². The zero-order valence-electron chi connectivity index (χ0n) is 3.01. The third-order valence-electron chi connectivity index (χ3n) is 0.431. The second-order valence-electron chi connectivity index (χ2n) is 0.864. The minimum absolute atomic E-state index is 0.0756. The van der Waals surface area contributed by atoms with E-state index in [1.165, 1.54) is 0 Å². The summed E-state index contributed by atoms with van der Waals surface area (Å²) in [5.41, 5.74) is 5.37. The lowest BCUT2D eigenvalue weighted by molar-refractivity contribution is 0.653. The van der Waals surface area contributed by atoms with Gasteiger partial charge in [-0.3, -0.25) is 0 Å². The second kappa shape index (κ2) is 1.92. The van der Waals surface area contributed by atoms with Gasteiger partial charge in [0.2, 0.25) is 0 Å². The van der Waals surface area contributed by atoms with Gasteiger partial charge in [0.1, 0.15) is 0 Å². The Morgan fingerprint density at radius 3 is 2.83 bits per heavy atom. The fourth-order valence-electron chi connectivity index (χ4n) is 0.214. The van der Waals surface area contributed by atoms with Gasteiger partial charge in [0.15, 0.2) is 0 Å². The highest BCUT2D eigenvalue weighted by Crippen LogP contribution is 1.91. The van der Waals surface area contributed by atoms with Crippen LogP contribution in [-0.2, 0) is 9.72 Å². The first-order chi connectivity index (χ1) is 2.89. The number of rotatable bonds is 0. The molecule has 0 saturated carbocycles. The largest absolute Gasteiger partial charge is 0.226 e. The Hall–Kier alpha value is 0.420. The molecule has 1 heterocycles. The predicted molar refractivity (Wildman–Crippen MR) is 29.9 cm³/mol. The van der Waals surface area contributed by atoms with Crippen LogP contribution in [0.25, 0.3) is 0 Å². The summed E-state index contributed by atoms with van der Waals surface area (Å²) in [6.45, 7) is 0. The molecule has 1 aliphatic rings. The molecule has 0 aromatic carbocycles. The smallest absolute Gasteiger partial charge is 0.0795 e. The molecule has 0 amide bonds. The van der Waals surface area contributed by atoms with E-state index in [2.05, 4.69) is 27.1 Å². The Bertz CT molecular complexity index is 78.9. The van der Waals surface area contributed by atoms with Gasteiger partial charge in [-0.25, -0.2) is 5.43 Å². The quantitative estimate of drug-likeness (QED) is 0.303. The van der Waals surface area contributed by atoms with Crippen LogP contribution in [-0.4, -0.2) is 5.88 Å². The molecule has 36 valence electrons. The van der Waals surface area contributed by atoms with E-state index in [-0.39, 0.29) is 9.72 Å². The highest BCUT2D eigenvalue weighted by atomic mass is 33.1. The number of hydrogen-bond acceptors (Lipinski definition) is 3. The molecule has 5 heteroatoms. The first-order valence-corrected chi connectivity index (χ1v) is 3.88. The van der Waals surface area contributed by atoms with Crippen LogP contribution >= 0.6 is 11.7 Å². The lowest BCUT2D eigenvalue weighted by Gasteiger charge is -1.80. The Labute approximate surface area is 43.4 Å². The van der Waals surface area contributed by atoms with E-state index in [4.69, 9.17) is 0 Å². The summed E-state index contributed by atoms with van der Waals surface area (Å²) in [5, 5.41) is 0. The summed E-state index contributed by atoms with van der Waals surface area (Å²) in [7, 11) is -0.0756. The molecule has 0 bridgehead atoms. The lowest BCUT2D eigenvalue weighted by atomic mass is 11.5. The van der Waals surface area contributed by atoms with E-state index in [1.807, 2.05) is 0 Å². The molecule has 0 radical (unpaired) electrons. The monoisotopic (exact) mass is 123 g/mol. The van der Waals surface area contributed by atoms with Crippen molar-refractivity contribution in [2.75, 3.05) is 5.88 Å². The van der Waals surface area contributed by atoms with Crippen LogP contribution in [0.1, 0.15) is 0 Å². The van der Waals surface area contributed by atoms with Crippen LogP contribution in [0.3, 0.4) is 0 Å². The van der Waals surface area contributed by atoms with E-state index in [0.717, 1.165) is 5.88 Å². The van der Waals surface area contributed by atoms with Crippen molar-refractivity contribution in [3.63, 3.8) is 0 Å². The average Bonchev–Trinajstić information content (AvgIpc) is 1.86. The molecule has 1 rings (SSSR count). The average molecular weight is 123 g/mol. The Balaban J connectivity index is 2.45. The van der Waals surface area contributed by atoms with Crippen molar-refractivity contribution in [2.45, 2.75) is 0 Å². The van der Waals surface area contributed by atoms with Gasteiger partial charge in [0.05, 0.1) is 5.88 Å². The summed E-state index contributed by atoms with van der Waals surface area (Å²) >= 11 is 4.03. The van der Waals surface area contributed by atoms with Crippen molar-refractivity contribution in [1.29, 1.82) is 0 Å². The van der Waals surface area contributed by atoms with Crippen LogP contribution in [0, 0.1) is 0 Å². The summed E-state index contributed by atoms with van der Waals surface area (Å²) in [6, 6.07) is 0. The minimum atomic E-state index is -0.0756. The maximum absolute atomic E-state index is 4.03. The van der Waals surface area contributed by atoms with Crippen molar-refractivity contribution in [3.05, 3.63) is 0 Å². The SMILES string of the molecule is SS1=NNNC1. The minimum Gasteiger partial charge on any atom is -0.226 e. The molecule has 0 fully saturated rings. The normalized spacial score (nSPS) is 33.2. The number of nitrogens with zero attached hydrogens (tertiary/aromatic N) is 1. The zero-order chi connectivity index (χ0) is 4.41. The number of nitrogens with one attached hydrogen (secondary N) is 2. The lowest BCUT2D eigenvalue weighted by Crippen LogP contribution is -2.20. The molecule has 0 aromatic heterocycles. The molecule has 0 spiro atoms. The Kier molecular flexibility index (Phi) is 1.47. The molecule has 0 aliphatic carbocycles. The summed E-state index contributed by atoms with van der Waals surface area (Å²) < 4.78 is 3.77. The van der Waals surface area contributed by atoms with Gasteiger partial charge in [-0.15, -0.1) is 5.53 Å². The highest BCUT2D eigenvalue weighted by molar-refractivity contribution is 8.61. The number of thiol groups is 1. The summed E-state index contributed by atoms with van der Waals surface area (Å²) in [6.07, 6.45) is 0. The summed E-state index contributed by atoms with van der Waals surface area (Å²) in [5.74, 6) is 0.850. The van der Waals surface area contributed by atoms with Crippen molar-refractivity contribution in [3.8, 4) is 0 Å². The predicted octanol–water partition coefficient (Wildman–Crippen LogP) is -0.387. The fraction of sp³-hybridized carbons (Fsp3) is 1.00. The Morgan fingerprint density at radius 1 is 1.83 bits per heavy atom. The van der Waals surface area contributed by atoms with E-state index in [9.17, 15) is 0 Å². The molecule has 2 N–H and O–H groups in total. The molecular weight excluding hydrogens is 118 g/mol. The molecule has 1 aliphatic heterocycles. The molecule has 0 saturated heterocycles. The molecule has 1 unspecified atom stereocenters. The van der Waals surface area contributed by atoms with E-state index in [1.54, 1.807) is 0 Å². The van der Waals surface area contributed by atoms with Gasteiger partial charge < -0.3 is 0 Å².